The molecule has 132 valence electrons. The molecular weight excluding hydrogens is 318 g/mol. The molecule has 2 heterocycles. The Balaban J connectivity index is 2.20. The summed E-state index contributed by atoms with van der Waals surface area (Å²) in [6.45, 7) is 7.65. The van der Waals surface area contributed by atoms with E-state index in [-0.39, 0.29) is 17.4 Å². The SMILES string of the molecule is CCc1c([N+](=O)[O-])c(C(N)=O)nn1C1CN(C(=O)OC(C)(C)C)C1. The Morgan fingerprint density at radius 1 is 1.42 bits per heavy atom. The van der Waals surface area contributed by atoms with Crippen LogP contribution in [0, 0.1) is 10.1 Å². The first-order valence-electron chi connectivity index (χ1n) is 7.58. The van der Waals surface area contributed by atoms with E-state index in [1.165, 1.54) is 9.58 Å². The van der Waals surface area contributed by atoms with Gasteiger partial charge in [-0.1, -0.05) is 6.92 Å². The van der Waals surface area contributed by atoms with E-state index < -0.39 is 22.5 Å². The predicted octanol–water partition coefficient (Wildman–Crippen LogP) is 1.24. The van der Waals surface area contributed by atoms with Crippen molar-refractivity contribution >= 4 is 17.7 Å². The average molecular weight is 339 g/mol. The van der Waals surface area contributed by atoms with Crippen molar-refractivity contribution < 1.29 is 19.2 Å². The van der Waals surface area contributed by atoms with Gasteiger partial charge in [-0.3, -0.25) is 19.6 Å². The van der Waals surface area contributed by atoms with Gasteiger partial charge in [0, 0.05) is 13.1 Å². The number of nitrogens with two attached hydrogens (primary N) is 1. The van der Waals surface area contributed by atoms with Crippen LogP contribution in [0.25, 0.3) is 0 Å². The lowest BCUT2D eigenvalue weighted by molar-refractivity contribution is -0.385. The molecule has 10 heteroatoms. The third kappa shape index (κ3) is 3.31. The summed E-state index contributed by atoms with van der Waals surface area (Å²) in [5.74, 6) is -0.946. The van der Waals surface area contributed by atoms with Gasteiger partial charge in [0.25, 0.3) is 5.91 Å². The molecule has 0 radical (unpaired) electrons. The monoisotopic (exact) mass is 339 g/mol. The van der Waals surface area contributed by atoms with E-state index in [2.05, 4.69) is 5.10 Å². The molecule has 2 rings (SSSR count). The zero-order valence-electron chi connectivity index (χ0n) is 14.1. The van der Waals surface area contributed by atoms with Gasteiger partial charge in [0.15, 0.2) is 0 Å². The summed E-state index contributed by atoms with van der Waals surface area (Å²) < 4.78 is 6.69. The van der Waals surface area contributed by atoms with E-state index in [9.17, 15) is 19.7 Å². The number of nitrogens with zero attached hydrogens (tertiary/aromatic N) is 4. The van der Waals surface area contributed by atoms with Crippen LogP contribution in [-0.4, -0.2) is 50.3 Å². The molecule has 1 aliphatic rings. The largest absolute Gasteiger partial charge is 0.444 e. The van der Waals surface area contributed by atoms with Gasteiger partial charge < -0.3 is 15.4 Å². The van der Waals surface area contributed by atoms with E-state index in [1.54, 1.807) is 27.7 Å². The van der Waals surface area contributed by atoms with Crippen LogP contribution in [0.15, 0.2) is 0 Å². The van der Waals surface area contributed by atoms with Gasteiger partial charge in [0.1, 0.15) is 11.3 Å². The molecule has 1 aromatic rings. The minimum atomic E-state index is -0.946. The molecule has 1 aliphatic heterocycles. The topological polar surface area (TPSA) is 134 Å². The number of carbonyl (C=O) groups is 2. The van der Waals surface area contributed by atoms with Gasteiger partial charge in [0.2, 0.25) is 5.69 Å². The van der Waals surface area contributed by atoms with Gasteiger partial charge in [-0.15, -0.1) is 0 Å². The van der Waals surface area contributed by atoms with E-state index in [0.29, 0.717) is 25.2 Å². The predicted molar refractivity (Wildman–Crippen MR) is 83.6 cm³/mol. The number of carbonyl (C=O) groups excluding carboxylic acids is 2. The van der Waals surface area contributed by atoms with Crippen molar-refractivity contribution in [1.82, 2.24) is 14.7 Å². The number of primary amides is 1. The van der Waals surface area contributed by atoms with Gasteiger partial charge in [-0.05, 0) is 27.2 Å². The average Bonchev–Trinajstić information content (AvgIpc) is 2.74. The molecule has 1 saturated heterocycles. The maximum absolute atomic E-state index is 12.0. The molecule has 0 unspecified atom stereocenters. The minimum Gasteiger partial charge on any atom is -0.444 e. The Hall–Kier alpha value is -2.65. The van der Waals surface area contributed by atoms with Crippen LogP contribution >= 0.6 is 0 Å². The number of ether oxygens (including phenoxy) is 1. The fourth-order valence-electron chi connectivity index (χ4n) is 2.54. The number of aromatic nitrogens is 2. The molecule has 0 aliphatic carbocycles. The first-order valence-corrected chi connectivity index (χ1v) is 7.58. The second-order valence-corrected chi connectivity index (χ2v) is 6.60. The van der Waals surface area contributed by atoms with Crippen LogP contribution in [0.2, 0.25) is 0 Å². The van der Waals surface area contributed by atoms with E-state index >= 15 is 0 Å². The second-order valence-electron chi connectivity index (χ2n) is 6.60. The van der Waals surface area contributed by atoms with Gasteiger partial charge >= 0.3 is 11.8 Å². The lowest BCUT2D eigenvalue weighted by Gasteiger charge is -2.40. The van der Waals surface area contributed by atoms with E-state index in [4.69, 9.17) is 10.5 Å². The molecule has 0 spiro atoms. The molecule has 1 aromatic heterocycles. The molecule has 0 atom stereocenters. The zero-order valence-corrected chi connectivity index (χ0v) is 14.1. The Labute approximate surface area is 138 Å². The standard InChI is InChI=1S/C14H21N5O5/c1-5-9-11(19(22)23)10(12(15)20)16-18(9)8-6-17(7-8)13(21)24-14(2,3)4/h8H,5-7H2,1-4H3,(H2,15,20). The normalized spacial score (nSPS) is 15.1. The summed E-state index contributed by atoms with van der Waals surface area (Å²) in [7, 11) is 0. The quantitative estimate of drug-likeness (QED) is 0.648. The van der Waals surface area contributed by atoms with Crippen molar-refractivity contribution in [3.63, 3.8) is 0 Å². The van der Waals surface area contributed by atoms with Crippen molar-refractivity contribution in [3.8, 4) is 0 Å². The highest BCUT2D eigenvalue weighted by Gasteiger charge is 2.39. The first-order chi connectivity index (χ1) is 11.0. The number of hydrogen-bond acceptors (Lipinski definition) is 6. The van der Waals surface area contributed by atoms with Crippen LogP contribution in [0.4, 0.5) is 10.5 Å². The van der Waals surface area contributed by atoms with Crippen LogP contribution < -0.4 is 5.73 Å². The maximum atomic E-state index is 12.0. The lowest BCUT2D eigenvalue weighted by Crippen LogP contribution is -2.52. The lowest BCUT2D eigenvalue weighted by atomic mass is 10.1. The Kier molecular flexibility index (Phi) is 4.50. The summed E-state index contributed by atoms with van der Waals surface area (Å²) in [4.78, 5) is 35.4. The third-order valence-corrected chi connectivity index (χ3v) is 3.59. The molecule has 1 fully saturated rings. The molecule has 0 aromatic carbocycles. The fraction of sp³-hybridized carbons (Fsp3) is 0.643. The number of nitro groups is 1. The molecule has 2 N–H and O–H groups in total. The highest BCUT2D eigenvalue weighted by molar-refractivity contribution is 5.95. The smallest absolute Gasteiger partial charge is 0.410 e. The molecule has 24 heavy (non-hydrogen) atoms. The van der Waals surface area contributed by atoms with Crippen LogP contribution in [0.3, 0.4) is 0 Å². The minimum absolute atomic E-state index is 0.251. The van der Waals surface area contributed by atoms with Crippen molar-refractivity contribution in [1.29, 1.82) is 0 Å². The molecule has 10 nitrogen and oxygen atoms in total. The summed E-state index contributed by atoms with van der Waals surface area (Å²) in [6, 6.07) is -0.251. The summed E-state index contributed by atoms with van der Waals surface area (Å²) in [5, 5.41) is 15.3. The number of amides is 2. The fourth-order valence-corrected chi connectivity index (χ4v) is 2.54. The van der Waals surface area contributed by atoms with Crippen molar-refractivity contribution in [2.24, 2.45) is 5.73 Å². The Bertz CT molecular complexity index is 684. The Morgan fingerprint density at radius 3 is 2.42 bits per heavy atom. The van der Waals surface area contributed by atoms with E-state index in [0.717, 1.165) is 0 Å². The Morgan fingerprint density at radius 2 is 2.00 bits per heavy atom. The summed E-state index contributed by atoms with van der Waals surface area (Å²) in [6.07, 6.45) is -0.131. The van der Waals surface area contributed by atoms with Crippen molar-refractivity contribution in [2.45, 2.75) is 45.8 Å². The van der Waals surface area contributed by atoms with Crippen LogP contribution in [0.5, 0.6) is 0 Å². The molecule has 2 amide bonds. The molecule has 0 bridgehead atoms. The first kappa shape index (κ1) is 17.7. The number of likely N-dealkylation sites (tertiary alicyclic amines) is 1. The highest BCUT2D eigenvalue weighted by Crippen LogP contribution is 2.31. The number of hydrogen-bond donors (Lipinski definition) is 1. The van der Waals surface area contributed by atoms with E-state index in [1.807, 2.05) is 0 Å². The second kappa shape index (κ2) is 6.10. The van der Waals surface area contributed by atoms with Gasteiger partial charge in [0.05, 0.1) is 11.0 Å². The third-order valence-electron chi connectivity index (χ3n) is 3.59. The summed E-state index contributed by atoms with van der Waals surface area (Å²) in [5.41, 5.74) is 4.20. The van der Waals surface area contributed by atoms with Crippen LogP contribution in [0.1, 0.15) is 49.9 Å². The number of rotatable bonds is 4. The van der Waals surface area contributed by atoms with Crippen LogP contribution in [-0.2, 0) is 11.2 Å². The highest BCUT2D eigenvalue weighted by atomic mass is 16.6. The van der Waals surface area contributed by atoms with Crippen molar-refractivity contribution in [2.75, 3.05) is 13.1 Å². The maximum Gasteiger partial charge on any atom is 0.410 e. The van der Waals surface area contributed by atoms with Gasteiger partial charge in [-0.2, -0.15) is 5.10 Å². The molecular formula is C14H21N5O5. The molecule has 0 saturated carbocycles. The zero-order chi connectivity index (χ0) is 18.2. The van der Waals surface area contributed by atoms with Gasteiger partial charge in [-0.25, -0.2) is 4.79 Å². The van der Waals surface area contributed by atoms with Crippen molar-refractivity contribution in [3.05, 3.63) is 21.5 Å². The summed E-state index contributed by atoms with van der Waals surface area (Å²) >= 11 is 0.